The first kappa shape index (κ1) is 25.4. The number of aliphatic hydroxyl groups excluding tert-OH is 1. The highest BCUT2D eigenvalue weighted by molar-refractivity contribution is 7.89. The van der Waals surface area contributed by atoms with E-state index in [1.807, 2.05) is 13.8 Å². The first-order valence-corrected chi connectivity index (χ1v) is 13.0. The Morgan fingerprint density at radius 3 is 1.87 bits per heavy atom. The van der Waals surface area contributed by atoms with Gasteiger partial charge in [-0.2, -0.15) is 4.31 Å². The molecule has 172 valence electrons. The van der Waals surface area contributed by atoms with Gasteiger partial charge >= 0.3 is 0 Å². The van der Waals surface area contributed by atoms with Crippen molar-refractivity contribution in [2.24, 2.45) is 0 Å². The molecule has 0 aliphatic carbocycles. The Balaban J connectivity index is 1.86. The molecule has 0 heterocycles. The number of nitrogens with one attached hydrogen (secondary N) is 2. The Morgan fingerprint density at radius 2 is 1.32 bits per heavy atom. The van der Waals surface area contributed by atoms with Crippen molar-refractivity contribution in [1.29, 1.82) is 0 Å². The molecule has 2 aromatic rings. The fourth-order valence-corrected chi connectivity index (χ4v) is 5.37. The molecule has 0 aromatic heterocycles. The van der Waals surface area contributed by atoms with Crippen LogP contribution in [0.5, 0.6) is 0 Å². The molecule has 0 amide bonds. The van der Waals surface area contributed by atoms with Gasteiger partial charge in [0.2, 0.25) is 20.0 Å². The summed E-state index contributed by atoms with van der Waals surface area (Å²) in [6, 6.07) is 13.2. The predicted molar refractivity (Wildman–Crippen MR) is 121 cm³/mol. The minimum atomic E-state index is -3.67. The lowest BCUT2D eigenvalue weighted by Gasteiger charge is -2.22. The molecule has 0 unspecified atom stereocenters. The van der Waals surface area contributed by atoms with E-state index in [4.69, 9.17) is 5.11 Å². The van der Waals surface area contributed by atoms with Gasteiger partial charge in [0.1, 0.15) is 0 Å². The van der Waals surface area contributed by atoms with Gasteiger partial charge in [-0.05, 0) is 44.5 Å². The van der Waals surface area contributed by atoms with Crippen LogP contribution in [0.15, 0.2) is 58.3 Å². The van der Waals surface area contributed by atoms with Crippen LogP contribution < -0.4 is 10.0 Å². The van der Waals surface area contributed by atoms with E-state index in [0.717, 1.165) is 11.1 Å². The molecular weight excluding hydrogens is 438 g/mol. The van der Waals surface area contributed by atoms with E-state index in [0.29, 0.717) is 19.5 Å². The second kappa shape index (κ2) is 11.7. The Bertz CT molecular complexity index is 1020. The SMILES string of the molecule is Cc1ccc(S(=O)(=O)NCCNCCN(CCCO)S(=O)(=O)c2ccc(C)cc2)cc1. The molecule has 2 aromatic carbocycles. The number of sulfonamides is 2. The van der Waals surface area contributed by atoms with Gasteiger partial charge in [0.05, 0.1) is 9.79 Å². The highest BCUT2D eigenvalue weighted by Crippen LogP contribution is 2.16. The van der Waals surface area contributed by atoms with Gasteiger partial charge in [0.25, 0.3) is 0 Å². The molecule has 10 heteroatoms. The predicted octanol–water partition coefficient (Wildman–Crippen LogP) is 1.24. The molecule has 0 bridgehead atoms. The minimum absolute atomic E-state index is 0.103. The maximum Gasteiger partial charge on any atom is 0.243 e. The molecule has 0 saturated heterocycles. The van der Waals surface area contributed by atoms with Gasteiger partial charge in [0, 0.05) is 39.3 Å². The van der Waals surface area contributed by atoms with Crippen molar-refractivity contribution < 1.29 is 21.9 Å². The van der Waals surface area contributed by atoms with Crippen LogP contribution in [0.25, 0.3) is 0 Å². The Hall–Kier alpha value is -1.82. The average molecular weight is 470 g/mol. The van der Waals surface area contributed by atoms with Gasteiger partial charge in [-0.1, -0.05) is 35.4 Å². The number of aliphatic hydroxyl groups is 1. The standard InChI is InChI=1S/C21H31N3O5S2/c1-18-4-8-20(9-5-18)30(26,27)23-13-12-22-14-16-24(15-3-17-25)31(28,29)21-10-6-19(2)7-11-21/h4-11,22-23,25H,3,12-17H2,1-2H3. The van der Waals surface area contributed by atoms with Crippen molar-refractivity contribution in [3.8, 4) is 0 Å². The van der Waals surface area contributed by atoms with Gasteiger partial charge in [-0.3, -0.25) is 0 Å². The second-order valence-corrected chi connectivity index (χ2v) is 11.0. The normalized spacial score (nSPS) is 12.4. The number of nitrogens with zero attached hydrogens (tertiary/aromatic N) is 1. The molecule has 3 N–H and O–H groups in total. The van der Waals surface area contributed by atoms with Crippen molar-refractivity contribution in [2.45, 2.75) is 30.1 Å². The minimum Gasteiger partial charge on any atom is -0.396 e. The Morgan fingerprint density at radius 1 is 0.774 bits per heavy atom. The van der Waals surface area contributed by atoms with Crippen LogP contribution in [-0.2, 0) is 20.0 Å². The van der Waals surface area contributed by atoms with E-state index >= 15 is 0 Å². The zero-order valence-electron chi connectivity index (χ0n) is 17.9. The summed E-state index contributed by atoms with van der Waals surface area (Å²) < 4.78 is 54.2. The summed E-state index contributed by atoms with van der Waals surface area (Å²) in [4.78, 5) is 0.416. The maximum atomic E-state index is 12.9. The first-order chi connectivity index (χ1) is 14.7. The largest absolute Gasteiger partial charge is 0.396 e. The number of hydrogen-bond donors (Lipinski definition) is 3. The van der Waals surface area contributed by atoms with Crippen LogP contribution in [0.1, 0.15) is 17.5 Å². The highest BCUT2D eigenvalue weighted by atomic mass is 32.2. The molecule has 31 heavy (non-hydrogen) atoms. The van der Waals surface area contributed by atoms with Crippen LogP contribution >= 0.6 is 0 Å². The molecule has 0 radical (unpaired) electrons. The number of hydrogen-bond acceptors (Lipinski definition) is 6. The molecular formula is C21H31N3O5S2. The van der Waals surface area contributed by atoms with Gasteiger partial charge in [0.15, 0.2) is 0 Å². The van der Waals surface area contributed by atoms with Crippen LogP contribution in [0.4, 0.5) is 0 Å². The smallest absolute Gasteiger partial charge is 0.243 e. The maximum absolute atomic E-state index is 12.9. The van der Waals surface area contributed by atoms with Gasteiger partial charge < -0.3 is 10.4 Å². The molecule has 0 spiro atoms. The van der Waals surface area contributed by atoms with E-state index in [-0.39, 0.29) is 36.0 Å². The molecule has 8 nitrogen and oxygen atoms in total. The van der Waals surface area contributed by atoms with Crippen LogP contribution in [0.3, 0.4) is 0 Å². The lowest BCUT2D eigenvalue weighted by molar-refractivity contribution is 0.269. The van der Waals surface area contributed by atoms with E-state index in [2.05, 4.69) is 10.0 Å². The second-order valence-electron chi connectivity index (χ2n) is 7.26. The van der Waals surface area contributed by atoms with Crippen LogP contribution in [0, 0.1) is 13.8 Å². The molecule has 0 fully saturated rings. The van der Waals surface area contributed by atoms with Gasteiger partial charge in [-0.25, -0.2) is 21.6 Å². The molecule has 0 aliphatic rings. The number of rotatable bonds is 13. The quantitative estimate of drug-likeness (QED) is 0.380. The summed E-state index contributed by atoms with van der Waals surface area (Å²) >= 11 is 0. The highest BCUT2D eigenvalue weighted by Gasteiger charge is 2.23. The van der Waals surface area contributed by atoms with Crippen molar-refractivity contribution in [3.05, 3.63) is 59.7 Å². The summed E-state index contributed by atoms with van der Waals surface area (Å²) in [5, 5.41) is 12.2. The summed E-state index contributed by atoms with van der Waals surface area (Å²) in [6.07, 6.45) is 0.335. The zero-order valence-corrected chi connectivity index (χ0v) is 19.5. The summed E-state index contributed by atoms with van der Waals surface area (Å²) in [5.74, 6) is 0. The van der Waals surface area contributed by atoms with E-state index in [1.165, 1.54) is 4.31 Å². The topological polar surface area (TPSA) is 116 Å². The monoisotopic (exact) mass is 469 g/mol. The van der Waals surface area contributed by atoms with Crippen LogP contribution in [-0.4, -0.2) is 65.6 Å². The third-order valence-corrected chi connectivity index (χ3v) is 8.08. The van der Waals surface area contributed by atoms with Crippen LogP contribution in [0.2, 0.25) is 0 Å². The molecule has 0 atom stereocenters. The Labute approximate surface area is 185 Å². The van der Waals surface area contributed by atoms with E-state index in [1.54, 1.807) is 48.5 Å². The van der Waals surface area contributed by atoms with E-state index in [9.17, 15) is 16.8 Å². The third kappa shape index (κ3) is 7.67. The van der Waals surface area contributed by atoms with Crippen molar-refractivity contribution in [1.82, 2.24) is 14.3 Å². The summed E-state index contributed by atoms with van der Waals surface area (Å²) in [7, 11) is -7.25. The lowest BCUT2D eigenvalue weighted by Crippen LogP contribution is -2.39. The van der Waals surface area contributed by atoms with Crippen molar-refractivity contribution >= 4 is 20.0 Å². The number of aryl methyl sites for hydroxylation is 2. The molecule has 0 saturated carbocycles. The third-order valence-electron chi connectivity index (χ3n) is 4.69. The van der Waals surface area contributed by atoms with Gasteiger partial charge in [-0.15, -0.1) is 0 Å². The fraction of sp³-hybridized carbons (Fsp3) is 0.429. The first-order valence-electron chi connectivity index (χ1n) is 10.1. The molecule has 0 aliphatic heterocycles. The van der Waals surface area contributed by atoms with Crippen molar-refractivity contribution in [3.63, 3.8) is 0 Å². The lowest BCUT2D eigenvalue weighted by atomic mass is 10.2. The zero-order chi connectivity index (χ0) is 22.9. The van der Waals surface area contributed by atoms with Crippen molar-refractivity contribution in [2.75, 3.05) is 39.3 Å². The van der Waals surface area contributed by atoms with E-state index < -0.39 is 20.0 Å². The summed E-state index contributed by atoms with van der Waals surface area (Å²) in [6.45, 7) is 4.96. The molecule has 2 rings (SSSR count). The Kier molecular flexibility index (Phi) is 9.60. The average Bonchev–Trinajstić information content (AvgIpc) is 2.73. The fourth-order valence-electron chi connectivity index (χ4n) is 2.86. The number of benzene rings is 2. The summed E-state index contributed by atoms with van der Waals surface area (Å²) in [5.41, 5.74) is 1.95.